The lowest BCUT2D eigenvalue weighted by molar-refractivity contribution is -0.121. The normalized spacial score (nSPS) is 12.5. The molecule has 0 saturated carbocycles. The molecular formula is C18H22N2O3S. The number of nitrogens with zero attached hydrogens (tertiary/aromatic N) is 1. The van der Waals surface area contributed by atoms with E-state index < -0.39 is 10.0 Å². The molecule has 128 valence electrons. The van der Waals surface area contributed by atoms with E-state index in [4.69, 9.17) is 0 Å². The van der Waals surface area contributed by atoms with Crippen LogP contribution in [0.25, 0.3) is 0 Å². The third-order valence-corrected chi connectivity index (χ3v) is 5.04. The molecule has 0 radical (unpaired) electrons. The number of rotatable bonds is 6. The summed E-state index contributed by atoms with van der Waals surface area (Å²) in [6, 6.07) is 16.6. The second-order valence-corrected chi connectivity index (χ2v) is 7.79. The van der Waals surface area contributed by atoms with Gasteiger partial charge in [-0.15, -0.1) is 0 Å². The molecule has 0 heterocycles. The minimum absolute atomic E-state index is 0.0608. The van der Waals surface area contributed by atoms with Gasteiger partial charge in [-0.1, -0.05) is 42.5 Å². The third-order valence-electron chi connectivity index (χ3n) is 3.84. The van der Waals surface area contributed by atoms with Crippen molar-refractivity contribution in [1.82, 2.24) is 5.32 Å². The Kier molecular flexibility index (Phi) is 5.62. The molecule has 24 heavy (non-hydrogen) atoms. The van der Waals surface area contributed by atoms with E-state index in [0.29, 0.717) is 5.69 Å². The molecular weight excluding hydrogens is 324 g/mol. The summed E-state index contributed by atoms with van der Waals surface area (Å²) in [5.74, 6) is -0.0735. The van der Waals surface area contributed by atoms with E-state index in [0.717, 1.165) is 17.4 Å². The lowest BCUT2D eigenvalue weighted by Gasteiger charge is -2.17. The summed E-state index contributed by atoms with van der Waals surface area (Å²) in [5.41, 5.74) is 2.45. The van der Waals surface area contributed by atoms with Crippen molar-refractivity contribution in [1.29, 1.82) is 0 Å². The van der Waals surface area contributed by atoms with Crippen LogP contribution in [0.5, 0.6) is 0 Å². The Morgan fingerprint density at radius 1 is 1.08 bits per heavy atom. The van der Waals surface area contributed by atoms with Crippen molar-refractivity contribution in [3.05, 3.63) is 65.7 Å². The fourth-order valence-corrected chi connectivity index (χ4v) is 2.82. The predicted octanol–water partition coefficient (Wildman–Crippen LogP) is 2.50. The summed E-state index contributed by atoms with van der Waals surface area (Å²) < 4.78 is 24.2. The Morgan fingerprint density at radius 3 is 2.21 bits per heavy atom. The van der Waals surface area contributed by atoms with Gasteiger partial charge in [-0.05, 0) is 30.2 Å². The number of benzene rings is 2. The summed E-state index contributed by atoms with van der Waals surface area (Å²) >= 11 is 0. The van der Waals surface area contributed by atoms with Crippen LogP contribution in [0.15, 0.2) is 54.6 Å². The molecule has 0 spiro atoms. The van der Waals surface area contributed by atoms with Crippen LogP contribution in [0, 0.1) is 0 Å². The van der Waals surface area contributed by atoms with Crippen molar-refractivity contribution in [3.8, 4) is 0 Å². The predicted molar refractivity (Wildman–Crippen MR) is 96.4 cm³/mol. The van der Waals surface area contributed by atoms with Crippen LogP contribution < -0.4 is 9.62 Å². The summed E-state index contributed by atoms with van der Waals surface area (Å²) in [6.45, 7) is 1.94. The molecule has 0 bridgehead atoms. The fourth-order valence-electron chi connectivity index (χ4n) is 2.32. The molecule has 0 aliphatic carbocycles. The molecule has 2 rings (SSSR count). The molecule has 1 N–H and O–H groups in total. The highest BCUT2D eigenvalue weighted by molar-refractivity contribution is 7.92. The van der Waals surface area contributed by atoms with Gasteiger partial charge in [-0.25, -0.2) is 8.42 Å². The number of nitrogens with one attached hydrogen (secondary N) is 1. The molecule has 2 aromatic rings. The number of hydrogen-bond acceptors (Lipinski definition) is 3. The minimum atomic E-state index is -3.28. The van der Waals surface area contributed by atoms with Crippen LogP contribution in [-0.2, 0) is 21.2 Å². The van der Waals surface area contributed by atoms with Gasteiger partial charge in [-0.2, -0.15) is 0 Å². The molecule has 1 unspecified atom stereocenters. The van der Waals surface area contributed by atoms with Crippen molar-refractivity contribution < 1.29 is 13.2 Å². The summed E-state index contributed by atoms with van der Waals surface area (Å²) in [4.78, 5) is 12.2. The first-order valence-electron chi connectivity index (χ1n) is 7.64. The maximum Gasteiger partial charge on any atom is 0.231 e. The number of sulfonamides is 1. The zero-order valence-corrected chi connectivity index (χ0v) is 14.9. The first-order valence-corrected chi connectivity index (χ1v) is 9.49. The van der Waals surface area contributed by atoms with Crippen LogP contribution in [0.1, 0.15) is 24.1 Å². The van der Waals surface area contributed by atoms with E-state index in [-0.39, 0.29) is 18.4 Å². The number of hydrogen-bond donors (Lipinski definition) is 1. The topological polar surface area (TPSA) is 66.5 Å². The SMILES string of the molecule is CC(NC(=O)Cc1ccc(N(C)S(C)(=O)=O)cc1)c1ccccc1. The van der Waals surface area contributed by atoms with E-state index >= 15 is 0 Å². The van der Waals surface area contributed by atoms with E-state index in [1.165, 1.54) is 11.4 Å². The number of carbonyl (C=O) groups is 1. The van der Waals surface area contributed by atoms with Crippen LogP contribution >= 0.6 is 0 Å². The van der Waals surface area contributed by atoms with Gasteiger partial charge in [0.25, 0.3) is 0 Å². The van der Waals surface area contributed by atoms with Crippen LogP contribution in [0.4, 0.5) is 5.69 Å². The lowest BCUT2D eigenvalue weighted by Crippen LogP contribution is -2.28. The smallest absolute Gasteiger partial charge is 0.231 e. The largest absolute Gasteiger partial charge is 0.349 e. The zero-order valence-electron chi connectivity index (χ0n) is 14.1. The summed E-state index contributed by atoms with van der Waals surface area (Å²) in [7, 11) is -1.79. The van der Waals surface area contributed by atoms with Crippen molar-refractivity contribution in [2.45, 2.75) is 19.4 Å². The molecule has 2 aromatic carbocycles. The highest BCUT2D eigenvalue weighted by Crippen LogP contribution is 2.17. The average Bonchev–Trinajstić information content (AvgIpc) is 2.54. The Balaban J connectivity index is 1.97. The van der Waals surface area contributed by atoms with Crippen molar-refractivity contribution in [3.63, 3.8) is 0 Å². The van der Waals surface area contributed by atoms with Gasteiger partial charge in [0.05, 0.1) is 24.4 Å². The number of anilines is 1. The van der Waals surface area contributed by atoms with Gasteiger partial charge in [0, 0.05) is 7.05 Å². The second-order valence-electron chi connectivity index (χ2n) is 5.77. The molecule has 5 nitrogen and oxygen atoms in total. The zero-order chi connectivity index (χ0) is 17.7. The minimum Gasteiger partial charge on any atom is -0.349 e. The van der Waals surface area contributed by atoms with Crippen molar-refractivity contribution in [2.75, 3.05) is 17.6 Å². The Hall–Kier alpha value is -2.34. The van der Waals surface area contributed by atoms with Gasteiger partial charge in [0.2, 0.25) is 15.9 Å². The average molecular weight is 346 g/mol. The Bertz CT molecular complexity index is 787. The van der Waals surface area contributed by atoms with Gasteiger partial charge in [0.15, 0.2) is 0 Å². The fraction of sp³-hybridized carbons (Fsp3) is 0.278. The maximum atomic E-state index is 12.2. The Morgan fingerprint density at radius 2 is 1.67 bits per heavy atom. The van der Waals surface area contributed by atoms with Crippen LogP contribution in [0.2, 0.25) is 0 Å². The molecule has 0 fully saturated rings. The van der Waals surface area contributed by atoms with Crippen LogP contribution in [-0.4, -0.2) is 27.6 Å². The quantitative estimate of drug-likeness (QED) is 0.874. The van der Waals surface area contributed by atoms with Gasteiger partial charge in [-0.3, -0.25) is 9.10 Å². The number of amides is 1. The standard InChI is InChI=1S/C18H22N2O3S/c1-14(16-7-5-4-6-8-16)19-18(21)13-15-9-11-17(12-10-15)20(2)24(3,22)23/h4-12,14H,13H2,1-3H3,(H,19,21). The maximum absolute atomic E-state index is 12.2. The summed E-state index contributed by atoms with van der Waals surface area (Å²) in [5, 5.41) is 2.96. The van der Waals surface area contributed by atoms with Crippen molar-refractivity contribution in [2.24, 2.45) is 0 Å². The third kappa shape index (κ3) is 4.83. The highest BCUT2D eigenvalue weighted by atomic mass is 32.2. The molecule has 1 amide bonds. The van der Waals surface area contributed by atoms with Crippen molar-refractivity contribution >= 4 is 21.6 Å². The molecule has 0 aromatic heterocycles. The molecule has 0 aliphatic heterocycles. The monoisotopic (exact) mass is 346 g/mol. The first kappa shape index (κ1) is 18.0. The van der Waals surface area contributed by atoms with Gasteiger partial charge >= 0.3 is 0 Å². The van der Waals surface area contributed by atoms with Gasteiger partial charge in [0.1, 0.15) is 0 Å². The molecule has 1 atom stereocenters. The summed E-state index contributed by atoms with van der Waals surface area (Å²) in [6.07, 6.45) is 1.40. The van der Waals surface area contributed by atoms with E-state index in [1.807, 2.05) is 37.3 Å². The first-order chi connectivity index (χ1) is 11.3. The second kappa shape index (κ2) is 7.49. The van der Waals surface area contributed by atoms with E-state index in [9.17, 15) is 13.2 Å². The molecule has 0 saturated heterocycles. The van der Waals surface area contributed by atoms with Crippen LogP contribution in [0.3, 0.4) is 0 Å². The Labute approximate surface area is 143 Å². The molecule has 0 aliphatic rings. The molecule has 6 heteroatoms. The lowest BCUT2D eigenvalue weighted by atomic mass is 10.1. The van der Waals surface area contributed by atoms with Gasteiger partial charge < -0.3 is 5.32 Å². The van der Waals surface area contributed by atoms with E-state index in [1.54, 1.807) is 24.3 Å². The number of carbonyl (C=O) groups excluding carboxylic acids is 1. The highest BCUT2D eigenvalue weighted by Gasteiger charge is 2.13. The van der Waals surface area contributed by atoms with E-state index in [2.05, 4.69) is 5.32 Å².